The van der Waals surface area contributed by atoms with Crippen molar-refractivity contribution in [3.63, 3.8) is 0 Å². The van der Waals surface area contributed by atoms with Crippen molar-refractivity contribution in [3.05, 3.63) is 0 Å². The first-order chi connectivity index (χ1) is 15.5. The quantitative estimate of drug-likeness (QED) is 0.513. The van der Waals surface area contributed by atoms with Crippen molar-refractivity contribution in [2.75, 3.05) is 6.61 Å². The van der Waals surface area contributed by atoms with Gasteiger partial charge in [0.25, 0.3) is 0 Å². The average Bonchev–Trinajstić information content (AvgIpc) is 3.19. The van der Waals surface area contributed by atoms with Gasteiger partial charge < -0.3 is 25.4 Å². The van der Waals surface area contributed by atoms with Crippen molar-refractivity contribution < 1.29 is 24.5 Å². The van der Waals surface area contributed by atoms with E-state index >= 15 is 0 Å². The molecule has 0 bridgehead atoms. The smallest absolute Gasteiger partial charge is 0.171 e. The average molecular weight is 462 g/mol. The van der Waals surface area contributed by atoms with Gasteiger partial charge in [0, 0.05) is 36.6 Å². The van der Waals surface area contributed by atoms with E-state index in [0.29, 0.717) is 36.5 Å². The van der Waals surface area contributed by atoms with Crippen molar-refractivity contribution in [1.82, 2.24) is 0 Å². The van der Waals surface area contributed by atoms with Gasteiger partial charge in [-0.15, -0.1) is 0 Å². The minimum absolute atomic E-state index is 0.0754. The highest BCUT2D eigenvalue weighted by Gasteiger charge is 2.72. The number of fused-ring (bicyclic) bond motifs is 7. The van der Waals surface area contributed by atoms with E-state index in [9.17, 15) is 15.0 Å². The van der Waals surface area contributed by atoms with Gasteiger partial charge in [0.2, 0.25) is 0 Å². The lowest BCUT2D eigenvalue weighted by molar-refractivity contribution is -0.273. The summed E-state index contributed by atoms with van der Waals surface area (Å²) < 4.78 is 13.2. The molecule has 6 nitrogen and oxygen atoms in total. The second-order valence-corrected chi connectivity index (χ2v) is 13.4. The largest absolute Gasteiger partial charge is 0.391 e. The SMILES string of the molecule is C[C@@H]1CC[C@@]2(OC1)O[C@H]1C[C@H]3[C@@H]4CC(=O)[C@]5(O)C[C@@H](O)[C@@H](N)C[C@]5(C)[C@H]4CC[C@]3(C)[C@H]1[C@@H]2C. The van der Waals surface area contributed by atoms with Gasteiger partial charge in [-0.2, -0.15) is 0 Å². The van der Waals surface area contributed by atoms with E-state index in [0.717, 1.165) is 38.7 Å². The maximum absolute atomic E-state index is 13.5. The number of ketones is 1. The van der Waals surface area contributed by atoms with Crippen LogP contribution in [-0.2, 0) is 14.3 Å². The maximum Gasteiger partial charge on any atom is 0.171 e. The summed E-state index contributed by atoms with van der Waals surface area (Å²) in [4.78, 5) is 13.5. The molecule has 0 radical (unpaired) electrons. The van der Waals surface area contributed by atoms with Crippen LogP contribution in [-0.4, -0.2) is 52.2 Å². The van der Waals surface area contributed by atoms with Gasteiger partial charge in [-0.25, -0.2) is 0 Å². The van der Waals surface area contributed by atoms with E-state index in [1.165, 1.54) is 0 Å². The first-order valence-electron chi connectivity index (χ1n) is 13.5. The molecule has 186 valence electrons. The summed E-state index contributed by atoms with van der Waals surface area (Å²) in [6.45, 7) is 9.91. The van der Waals surface area contributed by atoms with Crippen LogP contribution in [0.2, 0.25) is 0 Å². The standard InChI is InChI=1S/C27H43NO5/c1-14-5-8-27(32-13-14)15(2)23-21(33-27)10-18-16-9-22(30)26(31)12-20(29)19(28)11-25(26,4)17(16)6-7-24(18,23)3/h14-21,23,29,31H,5-13,28H2,1-4H3/t14-,15+,16-,17+,18+,19+,20-,21+,23+,24+,25-,26-,27-/m1/s1. The second kappa shape index (κ2) is 7.03. The zero-order chi connectivity index (χ0) is 23.6. The van der Waals surface area contributed by atoms with Gasteiger partial charge >= 0.3 is 0 Å². The number of hydrogen-bond donors (Lipinski definition) is 3. The Balaban J connectivity index is 1.31. The Bertz CT molecular complexity index is 840. The fraction of sp³-hybridized carbons (Fsp3) is 0.963. The first-order valence-corrected chi connectivity index (χ1v) is 13.5. The lowest BCUT2D eigenvalue weighted by Gasteiger charge is -2.63. The Morgan fingerprint density at radius 1 is 1.09 bits per heavy atom. The number of carbonyl (C=O) groups is 1. The highest BCUT2D eigenvalue weighted by molar-refractivity contribution is 5.89. The summed E-state index contributed by atoms with van der Waals surface area (Å²) in [5, 5.41) is 22.0. The van der Waals surface area contributed by atoms with E-state index in [1.807, 2.05) is 0 Å². The zero-order valence-electron chi connectivity index (χ0n) is 20.8. The summed E-state index contributed by atoms with van der Waals surface area (Å²) in [5.41, 5.74) is 4.41. The predicted molar refractivity (Wildman–Crippen MR) is 123 cm³/mol. The molecule has 2 aliphatic heterocycles. The van der Waals surface area contributed by atoms with Crippen LogP contribution in [0.5, 0.6) is 0 Å². The van der Waals surface area contributed by atoms with Gasteiger partial charge in [-0.1, -0.05) is 27.7 Å². The van der Waals surface area contributed by atoms with Crippen LogP contribution in [0.1, 0.15) is 79.1 Å². The molecular weight excluding hydrogens is 418 g/mol. The molecule has 13 atom stereocenters. The number of ether oxygens (including phenoxy) is 2. The molecule has 4 aliphatic carbocycles. The van der Waals surface area contributed by atoms with E-state index in [1.54, 1.807) is 0 Å². The van der Waals surface area contributed by atoms with E-state index in [2.05, 4.69) is 27.7 Å². The zero-order valence-corrected chi connectivity index (χ0v) is 20.8. The molecule has 6 rings (SSSR count). The fourth-order valence-electron chi connectivity index (χ4n) is 10.1. The van der Waals surface area contributed by atoms with Gasteiger partial charge in [-0.3, -0.25) is 4.79 Å². The van der Waals surface area contributed by atoms with Gasteiger partial charge in [0.15, 0.2) is 11.6 Å². The summed E-state index contributed by atoms with van der Waals surface area (Å²) in [5.74, 6) is 1.84. The third kappa shape index (κ3) is 2.76. The van der Waals surface area contributed by atoms with Crippen molar-refractivity contribution in [2.24, 2.45) is 52.1 Å². The second-order valence-electron chi connectivity index (χ2n) is 13.4. The minimum atomic E-state index is -1.45. The first kappa shape index (κ1) is 22.9. The molecule has 6 aliphatic rings. The molecular formula is C27H43NO5. The van der Waals surface area contributed by atoms with E-state index in [-0.39, 0.29) is 41.6 Å². The molecule has 0 aromatic heterocycles. The van der Waals surface area contributed by atoms with Crippen LogP contribution >= 0.6 is 0 Å². The van der Waals surface area contributed by atoms with E-state index in [4.69, 9.17) is 15.2 Å². The summed E-state index contributed by atoms with van der Waals surface area (Å²) in [6.07, 6.45) is 5.63. The van der Waals surface area contributed by atoms with Crippen LogP contribution in [0.4, 0.5) is 0 Å². The Labute approximate surface area is 198 Å². The Morgan fingerprint density at radius 3 is 2.55 bits per heavy atom. The Hall–Kier alpha value is -0.530. The number of aliphatic hydroxyl groups is 2. The molecule has 33 heavy (non-hydrogen) atoms. The molecule has 2 heterocycles. The molecule has 6 heteroatoms. The maximum atomic E-state index is 13.5. The fourth-order valence-corrected chi connectivity index (χ4v) is 10.1. The van der Waals surface area contributed by atoms with Crippen molar-refractivity contribution in [2.45, 2.75) is 109 Å². The topological polar surface area (TPSA) is 102 Å². The molecule has 1 spiro atoms. The van der Waals surface area contributed by atoms with Crippen LogP contribution in [0, 0.1) is 46.3 Å². The lowest BCUT2D eigenvalue weighted by atomic mass is 9.42. The molecule has 6 fully saturated rings. The number of rotatable bonds is 0. The molecule has 0 aromatic carbocycles. The van der Waals surface area contributed by atoms with Gasteiger partial charge in [0.05, 0.1) is 18.8 Å². The van der Waals surface area contributed by atoms with Crippen LogP contribution < -0.4 is 5.73 Å². The van der Waals surface area contributed by atoms with Crippen LogP contribution in [0.25, 0.3) is 0 Å². The number of nitrogens with two attached hydrogens (primary N) is 1. The third-order valence-corrected chi connectivity index (χ3v) is 12.0. The normalized spacial score (nSPS) is 62.5. The van der Waals surface area contributed by atoms with Crippen LogP contribution in [0.3, 0.4) is 0 Å². The predicted octanol–water partition coefficient (Wildman–Crippen LogP) is 3.02. The molecule has 4 saturated carbocycles. The molecule has 0 unspecified atom stereocenters. The van der Waals surface area contributed by atoms with Crippen LogP contribution in [0.15, 0.2) is 0 Å². The number of carbonyl (C=O) groups excluding carboxylic acids is 1. The highest BCUT2D eigenvalue weighted by Crippen LogP contribution is 2.71. The number of Topliss-reactive ketones (excluding diaryl/α,β-unsaturated/α-hetero) is 1. The summed E-state index contributed by atoms with van der Waals surface area (Å²) in [6, 6.07) is -0.382. The molecule has 2 saturated heterocycles. The van der Waals surface area contributed by atoms with Gasteiger partial charge in [-0.05, 0) is 67.1 Å². The molecule has 0 aromatic rings. The Kier molecular flexibility index (Phi) is 4.88. The summed E-state index contributed by atoms with van der Waals surface area (Å²) in [7, 11) is 0. The summed E-state index contributed by atoms with van der Waals surface area (Å²) >= 11 is 0. The molecule has 4 N–H and O–H groups in total. The van der Waals surface area contributed by atoms with Crippen molar-refractivity contribution in [3.8, 4) is 0 Å². The third-order valence-electron chi connectivity index (χ3n) is 12.0. The lowest BCUT2D eigenvalue weighted by Crippen LogP contribution is -2.70. The van der Waals surface area contributed by atoms with Crippen molar-refractivity contribution >= 4 is 5.78 Å². The van der Waals surface area contributed by atoms with Gasteiger partial charge in [0.1, 0.15) is 5.60 Å². The monoisotopic (exact) mass is 461 g/mol. The Morgan fingerprint density at radius 2 is 1.85 bits per heavy atom. The highest BCUT2D eigenvalue weighted by atomic mass is 16.7. The minimum Gasteiger partial charge on any atom is -0.391 e. The van der Waals surface area contributed by atoms with E-state index < -0.39 is 22.9 Å². The molecule has 0 amide bonds. The number of aliphatic hydroxyl groups excluding tert-OH is 1. The number of hydrogen-bond acceptors (Lipinski definition) is 6. The van der Waals surface area contributed by atoms with Crippen molar-refractivity contribution in [1.29, 1.82) is 0 Å².